The molecular formula is C11H11BrClNO2. The van der Waals surface area contributed by atoms with Crippen LogP contribution in [-0.2, 0) is 0 Å². The van der Waals surface area contributed by atoms with Gasteiger partial charge in [-0.05, 0) is 28.1 Å². The summed E-state index contributed by atoms with van der Waals surface area (Å²) >= 11 is 9.33. The van der Waals surface area contributed by atoms with Crippen LogP contribution in [0.4, 0.5) is 0 Å². The van der Waals surface area contributed by atoms with Gasteiger partial charge in [-0.3, -0.25) is 4.79 Å². The molecule has 1 heterocycles. The Balaban J connectivity index is 2.13. The van der Waals surface area contributed by atoms with Gasteiger partial charge < -0.3 is 10.0 Å². The molecule has 1 aliphatic rings. The van der Waals surface area contributed by atoms with E-state index in [2.05, 4.69) is 15.9 Å². The number of carbonyl (C=O) groups excluding carboxylic acids is 1. The summed E-state index contributed by atoms with van der Waals surface area (Å²) in [7, 11) is 0. The maximum Gasteiger partial charge on any atom is 0.255 e. The smallest absolute Gasteiger partial charge is 0.255 e. The second kappa shape index (κ2) is 4.73. The van der Waals surface area contributed by atoms with Gasteiger partial charge in [0, 0.05) is 30.1 Å². The highest BCUT2D eigenvalue weighted by Gasteiger charge is 2.31. The maximum absolute atomic E-state index is 12.0. The number of benzene rings is 1. The van der Waals surface area contributed by atoms with Gasteiger partial charge in [0.15, 0.2) is 0 Å². The van der Waals surface area contributed by atoms with Crippen LogP contribution in [0, 0.1) is 5.92 Å². The van der Waals surface area contributed by atoms with E-state index >= 15 is 0 Å². The minimum atomic E-state index is -0.0731. The van der Waals surface area contributed by atoms with Crippen molar-refractivity contribution in [2.45, 2.75) is 0 Å². The molecule has 0 saturated carbocycles. The SMILES string of the molecule is O=C(c1cccc(Br)c1Cl)N1CC(CO)C1. The van der Waals surface area contributed by atoms with Crippen molar-refractivity contribution in [3.05, 3.63) is 33.3 Å². The average Bonchev–Trinajstić information content (AvgIpc) is 2.20. The summed E-state index contributed by atoms with van der Waals surface area (Å²) in [5.41, 5.74) is 0.507. The van der Waals surface area contributed by atoms with E-state index in [1.165, 1.54) is 0 Å². The van der Waals surface area contributed by atoms with Crippen LogP contribution in [-0.4, -0.2) is 35.6 Å². The summed E-state index contributed by atoms with van der Waals surface area (Å²) in [4.78, 5) is 13.7. The number of nitrogens with zero attached hydrogens (tertiary/aromatic N) is 1. The lowest BCUT2D eigenvalue weighted by atomic mass is 10.00. The van der Waals surface area contributed by atoms with Crippen LogP contribution in [0.15, 0.2) is 22.7 Å². The lowest BCUT2D eigenvalue weighted by molar-refractivity contribution is 0.0362. The predicted molar refractivity (Wildman–Crippen MR) is 65.6 cm³/mol. The highest BCUT2D eigenvalue weighted by Crippen LogP contribution is 2.28. The summed E-state index contributed by atoms with van der Waals surface area (Å²) in [6.45, 7) is 1.35. The van der Waals surface area contributed by atoms with Crippen LogP contribution in [0.2, 0.25) is 5.02 Å². The molecule has 0 radical (unpaired) electrons. The summed E-state index contributed by atoms with van der Waals surface area (Å²) in [6.07, 6.45) is 0. The molecule has 1 aliphatic heterocycles. The van der Waals surface area contributed by atoms with Gasteiger partial charge in [0.2, 0.25) is 0 Å². The largest absolute Gasteiger partial charge is 0.396 e. The second-order valence-corrected chi connectivity index (χ2v) is 5.09. The third kappa shape index (κ3) is 2.10. The minimum Gasteiger partial charge on any atom is -0.396 e. The molecule has 0 bridgehead atoms. The number of hydrogen-bond acceptors (Lipinski definition) is 2. The first kappa shape index (κ1) is 11.9. The van der Waals surface area contributed by atoms with Crippen molar-refractivity contribution >= 4 is 33.4 Å². The Morgan fingerprint density at radius 3 is 2.88 bits per heavy atom. The number of halogens is 2. The van der Waals surface area contributed by atoms with Gasteiger partial charge in [0.05, 0.1) is 10.6 Å². The number of aliphatic hydroxyl groups excluding tert-OH is 1. The van der Waals surface area contributed by atoms with Crippen molar-refractivity contribution in [1.29, 1.82) is 0 Å². The van der Waals surface area contributed by atoms with E-state index < -0.39 is 0 Å². The molecular weight excluding hydrogens is 293 g/mol. The second-order valence-electron chi connectivity index (χ2n) is 3.86. The first-order valence-electron chi connectivity index (χ1n) is 4.97. The zero-order chi connectivity index (χ0) is 11.7. The monoisotopic (exact) mass is 303 g/mol. The Kier molecular flexibility index (Phi) is 3.52. The summed E-state index contributed by atoms with van der Waals surface area (Å²) in [5.74, 6) is 0.144. The number of likely N-dealkylation sites (tertiary alicyclic amines) is 1. The summed E-state index contributed by atoms with van der Waals surface area (Å²) in [5, 5.41) is 9.33. The molecule has 1 aromatic carbocycles. The average molecular weight is 305 g/mol. The summed E-state index contributed by atoms with van der Waals surface area (Å²) in [6, 6.07) is 5.29. The van der Waals surface area contributed by atoms with Crippen molar-refractivity contribution in [2.24, 2.45) is 5.92 Å². The third-order valence-electron chi connectivity index (χ3n) is 2.68. The zero-order valence-corrected chi connectivity index (χ0v) is 10.8. The van der Waals surface area contributed by atoms with Gasteiger partial charge >= 0.3 is 0 Å². The Bertz CT molecular complexity index is 418. The maximum atomic E-state index is 12.0. The van der Waals surface area contributed by atoms with Gasteiger partial charge in [-0.25, -0.2) is 0 Å². The first-order chi connectivity index (χ1) is 7.63. The molecule has 0 unspecified atom stereocenters. The normalized spacial score (nSPS) is 16.1. The fourth-order valence-corrected chi connectivity index (χ4v) is 2.26. The quantitative estimate of drug-likeness (QED) is 0.909. The molecule has 1 fully saturated rings. The van der Waals surface area contributed by atoms with E-state index in [1.807, 2.05) is 0 Å². The van der Waals surface area contributed by atoms with Gasteiger partial charge in [-0.2, -0.15) is 0 Å². The van der Waals surface area contributed by atoms with Crippen molar-refractivity contribution in [3.63, 3.8) is 0 Å². The molecule has 3 nitrogen and oxygen atoms in total. The fourth-order valence-electron chi connectivity index (χ4n) is 1.69. The van der Waals surface area contributed by atoms with E-state index in [0.717, 1.165) is 4.47 Å². The number of rotatable bonds is 2. The minimum absolute atomic E-state index is 0.0731. The lowest BCUT2D eigenvalue weighted by Gasteiger charge is -2.38. The number of hydrogen-bond donors (Lipinski definition) is 1. The van der Waals surface area contributed by atoms with Gasteiger partial charge in [0.25, 0.3) is 5.91 Å². The highest BCUT2D eigenvalue weighted by atomic mass is 79.9. The van der Waals surface area contributed by atoms with Gasteiger partial charge in [0.1, 0.15) is 0 Å². The molecule has 0 atom stereocenters. The van der Waals surface area contributed by atoms with Crippen molar-refractivity contribution in [1.82, 2.24) is 4.90 Å². The Morgan fingerprint density at radius 1 is 1.56 bits per heavy atom. The van der Waals surface area contributed by atoms with E-state index in [-0.39, 0.29) is 18.4 Å². The Hall–Kier alpha value is -0.580. The third-order valence-corrected chi connectivity index (χ3v) is 3.98. The molecule has 1 amide bonds. The molecule has 5 heteroatoms. The molecule has 0 spiro atoms. The molecule has 86 valence electrons. The highest BCUT2D eigenvalue weighted by molar-refractivity contribution is 9.10. The van der Waals surface area contributed by atoms with E-state index in [1.54, 1.807) is 23.1 Å². The van der Waals surface area contributed by atoms with Crippen molar-refractivity contribution in [2.75, 3.05) is 19.7 Å². The number of carbonyl (C=O) groups is 1. The van der Waals surface area contributed by atoms with Gasteiger partial charge in [-0.1, -0.05) is 17.7 Å². The van der Waals surface area contributed by atoms with Crippen molar-refractivity contribution < 1.29 is 9.90 Å². The van der Waals surface area contributed by atoms with E-state index in [9.17, 15) is 4.79 Å². The molecule has 1 saturated heterocycles. The molecule has 0 aromatic heterocycles. The molecule has 16 heavy (non-hydrogen) atoms. The molecule has 0 aliphatic carbocycles. The number of aliphatic hydroxyl groups is 1. The van der Waals surface area contributed by atoms with E-state index in [0.29, 0.717) is 23.7 Å². The van der Waals surface area contributed by atoms with Crippen LogP contribution in [0.25, 0.3) is 0 Å². The Morgan fingerprint density at radius 2 is 2.25 bits per heavy atom. The van der Waals surface area contributed by atoms with Crippen LogP contribution < -0.4 is 0 Å². The topological polar surface area (TPSA) is 40.5 Å². The predicted octanol–water partition coefficient (Wildman–Crippen LogP) is 2.17. The molecule has 2 rings (SSSR count). The first-order valence-corrected chi connectivity index (χ1v) is 6.14. The Labute approximate surface area is 107 Å². The lowest BCUT2D eigenvalue weighted by Crippen LogP contribution is -2.51. The standard InChI is InChI=1S/C11H11BrClNO2/c12-9-3-1-2-8(10(9)13)11(16)14-4-7(5-14)6-15/h1-3,7,15H,4-6H2. The van der Waals surface area contributed by atoms with Gasteiger partial charge in [-0.15, -0.1) is 0 Å². The fraction of sp³-hybridized carbons (Fsp3) is 0.364. The van der Waals surface area contributed by atoms with E-state index in [4.69, 9.17) is 16.7 Å². The zero-order valence-electron chi connectivity index (χ0n) is 8.49. The van der Waals surface area contributed by atoms with Crippen LogP contribution in [0.1, 0.15) is 10.4 Å². The molecule has 1 aromatic rings. The van der Waals surface area contributed by atoms with Crippen LogP contribution >= 0.6 is 27.5 Å². The molecule has 1 N–H and O–H groups in total. The van der Waals surface area contributed by atoms with Crippen LogP contribution in [0.3, 0.4) is 0 Å². The van der Waals surface area contributed by atoms with Crippen LogP contribution in [0.5, 0.6) is 0 Å². The summed E-state index contributed by atoms with van der Waals surface area (Å²) < 4.78 is 0.722. The number of amides is 1. The van der Waals surface area contributed by atoms with Crippen molar-refractivity contribution in [3.8, 4) is 0 Å².